The fraction of sp³-hybridized carbons (Fsp3) is 0.538. The van der Waals surface area contributed by atoms with Crippen LogP contribution in [0.5, 0.6) is 0 Å². The first-order valence-corrected chi connectivity index (χ1v) is 5.91. The van der Waals surface area contributed by atoms with Crippen molar-refractivity contribution in [1.82, 2.24) is 5.32 Å². The molecular weight excluding hydrogens is 234 g/mol. The Hall–Kier alpha value is -1.62. The summed E-state index contributed by atoms with van der Waals surface area (Å²) in [5.41, 5.74) is 0.410. The van der Waals surface area contributed by atoms with Crippen LogP contribution >= 0.6 is 0 Å². The van der Waals surface area contributed by atoms with Crippen LogP contribution < -0.4 is 5.32 Å². The molecule has 1 aliphatic rings. The molecule has 0 aliphatic carbocycles. The molecule has 1 rings (SSSR count). The van der Waals surface area contributed by atoms with Gasteiger partial charge in [-0.25, -0.2) is 4.79 Å². The van der Waals surface area contributed by atoms with Crippen molar-refractivity contribution in [2.75, 3.05) is 13.2 Å². The molecule has 5 nitrogen and oxygen atoms in total. The average molecular weight is 253 g/mol. The van der Waals surface area contributed by atoms with Crippen molar-refractivity contribution in [3.63, 3.8) is 0 Å². The zero-order valence-electron chi connectivity index (χ0n) is 10.6. The molecule has 5 heteroatoms. The van der Waals surface area contributed by atoms with Crippen molar-refractivity contribution in [3.8, 4) is 0 Å². The first-order chi connectivity index (χ1) is 8.54. The number of hydrogen-bond acceptors (Lipinski definition) is 4. The topological polar surface area (TPSA) is 64.6 Å². The number of carbonyl (C=O) groups is 2. The van der Waals surface area contributed by atoms with Crippen LogP contribution in [0.25, 0.3) is 0 Å². The van der Waals surface area contributed by atoms with E-state index >= 15 is 0 Å². The lowest BCUT2D eigenvalue weighted by Gasteiger charge is -2.23. The predicted molar refractivity (Wildman–Crippen MR) is 66.9 cm³/mol. The van der Waals surface area contributed by atoms with Gasteiger partial charge in [0.25, 0.3) is 0 Å². The summed E-state index contributed by atoms with van der Waals surface area (Å²) < 4.78 is 10.5. The molecule has 0 aromatic rings. The Bertz CT molecular complexity index is 345. The summed E-state index contributed by atoms with van der Waals surface area (Å²) in [6.45, 7) is 9.25. The van der Waals surface area contributed by atoms with Gasteiger partial charge in [-0.2, -0.15) is 0 Å². The fourth-order valence-corrected chi connectivity index (χ4v) is 1.68. The third-order valence-electron chi connectivity index (χ3n) is 2.69. The molecule has 100 valence electrons. The van der Waals surface area contributed by atoms with Gasteiger partial charge in [0.1, 0.15) is 6.61 Å². The molecule has 0 spiro atoms. The van der Waals surface area contributed by atoms with Crippen LogP contribution in [-0.2, 0) is 19.1 Å². The highest BCUT2D eigenvalue weighted by Gasteiger charge is 2.28. The second-order valence-electron chi connectivity index (χ2n) is 4.25. The molecule has 2 unspecified atom stereocenters. The number of esters is 1. The number of rotatable bonds is 6. The molecule has 0 aromatic carbocycles. The highest BCUT2D eigenvalue weighted by molar-refractivity contribution is 5.92. The third kappa shape index (κ3) is 4.33. The first-order valence-electron chi connectivity index (χ1n) is 5.91. The Labute approximate surface area is 107 Å². The van der Waals surface area contributed by atoms with E-state index in [1.54, 1.807) is 6.92 Å². The van der Waals surface area contributed by atoms with Gasteiger partial charge in [-0.1, -0.05) is 13.2 Å². The average Bonchev–Trinajstić information content (AvgIpc) is 2.87. The van der Waals surface area contributed by atoms with Crippen molar-refractivity contribution in [1.29, 1.82) is 0 Å². The van der Waals surface area contributed by atoms with E-state index in [1.807, 2.05) is 0 Å². The predicted octanol–water partition coefficient (Wildman–Crippen LogP) is 0.955. The molecule has 1 amide bonds. The molecule has 1 fully saturated rings. The number of amides is 1. The van der Waals surface area contributed by atoms with Crippen molar-refractivity contribution < 1.29 is 19.1 Å². The van der Waals surface area contributed by atoms with Gasteiger partial charge < -0.3 is 14.8 Å². The number of nitrogens with one attached hydrogen (secondary N) is 1. The smallest absolute Gasteiger partial charge is 0.330 e. The SMILES string of the molecule is C=CC(=O)OCC(NC(=O)C(=C)C)C1CCCO1. The molecule has 1 saturated heterocycles. The Balaban J connectivity index is 2.56. The number of hydrogen-bond donors (Lipinski definition) is 1. The van der Waals surface area contributed by atoms with Crippen molar-refractivity contribution in [2.45, 2.75) is 31.9 Å². The molecule has 1 heterocycles. The highest BCUT2D eigenvalue weighted by Crippen LogP contribution is 2.16. The Morgan fingerprint density at radius 3 is 2.83 bits per heavy atom. The van der Waals surface area contributed by atoms with Crippen LogP contribution in [0.2, 0.25) is 0 Å². The lowest BCUT2D eigenvalue weighted by Crippen LogP contribution is -2.46. The second kappa shape index (κ2) is 6.96. The Kier molecular flexibility index (Phi) is 5.58. The van der Waals surface area contributed by atoms with Crippen LogP contribution in [0.15, 0.2) is 24.8 Å². The van der Waals surface area contributed by atoms with Crippen LogP contribution in [0.3, 0.4) is 0 Å². The summed E-state index contributed by atoms with van der Waals surface area (Å²) in [4.78, 5) is 22.6. The minimum absolute atomic E-state index is 0.0779. The number of ether oxygens (including phenoxy) is 2. The van der Waals surface area contributed by atoms with E-state index < -0.39 is 5.97 Å². The third-order valence-corrected chi connectivity index (χ3v) is 2.69. The van der Waals surface area contributed by atoms with Crippen LogP contribution in [0.4, 0.5) is 0 Å². The van der Waals surface area contributed by atoms with Crippen molar-refractivity contribution in [3.05, 3.63) is 24.8 Å². The van der Waals surface area contributed by atoms with Crippen molar-refractivity contribution in [2.24, 2.45) is 0 Å². The summed E-state index contributed by atoms with van der Waals surface area (Å²) in [5, 5.41) is 2.76. The molecule has 0 bridgehead atoms. The van der Waals surface area contributed by atoms with Gasteiger partial charge in [0, 0.05) is 18.3 Å². The van der Waals surface area contributed by atoms with E-state index in [9.17, 15) is 9.59 Å². The van der Waals surface area contributed by atoms with E-state index in [4.69, 9.17) is 9.47 Å². The van der Waals surface area contributed by atoms with E-state index in [0.29, 0.717) is 12.2 Å². The quantitative estimate of drug-likeness (QED) is 0.565. The maximum absolute atomic E-state index is 11.6. The molecular formula is C13H19NO4. The molecule has 2 atom stereocenters. The number of carbonyl (C=O) groups excluding carboxylic acids is 2. The largest absolute Gasteiger partial charge is 0.460 e. The van der Waals surface area contributed by atoms with Gasteiger partial charge in [0.15, 0.2) is 0 Å². The molecule has 0 radical (unpaired) electrons. The monoisotopic (exact) mass is 253 g/mol. The standard InChI is InChI=1S/C13H19NO4/c1-4-12(15)18-8-10(11-6-5-7-17-11)14-13(16)9(2)3/h4,10-11H,1-2,5-8H2,3H3,(H,14,16). The van der Waals surface area contributed by atoms with Crippen LogP contribution in [-0.4, -0.2) is 37.2 Å². The summed E-state index contributed by atoms with van der Waals surface area (Å²) >= 11 is 0. The zero-order chi connectivity index (χ0) is 13.5. The van der Waals surface area contributed by atoms with E-state index in [2.05, 4.69) is 18.5 Å². The molecule has 18 heavy (non-hydrogen) atoms. The molecule has 1 aliphatic heterocycles. The molecule has 0 aromatic heterocycles. The maximum Gasteiger partial charge on any atom is 0.330 e. The van der Waals surface area contributed by atoms with Gasteiger partial charge in [0.2, 0.25) is 5.91 Å². The van der Waals surface area contributed by atoms with Gasteiger partial charge >= 0.3 is 5.97 Å². The highest BCUT2D eigenvalue weighted by atomic mass is 16.5. The van der Waals surface area contributed by atoms with E-state index in [0.717, 1.165) is 18.9 Å². The second-order valence-corrected chi connectivity index (χ2v) is 4.25. The Morgan fingerprint density at radius 2 is 2.33 bits per heavy atom. The Morgan fingerprint density at radius 1 is 1.61 bits per heavy atom. The lowest BCUT2D eigenvalue weighted by atomic mass is 10.1. The normalized spacial score (nSPS) is 19.9. The summed E-state index contributed by atoms with van der Waals surface area (Å²) in [6, 6.07) is -0.347. The zero-order valence-corrected chi connectivity index (χ0v) is 10.6. The molecule has 1 N–H and O–H groups in total. The van der Waals surface area contributed by atoms with Crippen molar-refractivity contribution >= 4 is 11.9 Å². The van der Waals surface area contributed by atoms with Crippen LogP contribution in [0.1, 0.15) is 19.8 Å². The van der Waals surface area contributed by atoms with Gasteiger partial charge in [-0.15, -0.1) is 0 Å². The maximum atomic E-state index is 11.6. The van der Waals surface area contributed by atoms with Crippen LogP contribution in [0, 0.1) is 0 Å². The summed E-state index contributed by atoms with van der Waals surface area (Å²) in [5.74, 6) is -0.771. The van der Waals surface area contributed by atoms with Gasteiger partial charge in [-0.05, 0) is 19.8 Å². The van der Waals surface area contributed by atoms with E-state index in [-0.39, 0.29) is 24.7 Å². The lowest BCUT2D eigenvalue weighted by molar-refractivity contribution is -0.140. The van der Waals surface area contributed by atoms with Gasteiger partial charge in [-0.3, -0.25) is 4.79 Å². The fourth-order valence-electron chi connectivity index (χ4n) is 1.68. The summed E-state index contributed by atoms with van der Waals surface area (Å²) in [7, 11) is 0. The minimum Gasteiger partial charge on any atom is -0.460 e. The summed E-state index contributed by atoms with van der Waals surface area (Å²) in [6.07, 6.45) is 2.75. The minimum atomic E-state index is -0.512. The molecule has 0 saturated carbocycles. The first kappa shape index (κ1) is 14.4. The van der Waals surface area contributed by atoms with E-state index in [1.165, 1.54) is 0 Å². The van der Waals surface area contributed by atoms with Gasteiger partial charge in [0.05, 0.1) is 12.1 Å².